The number of nitrogens with zero attached hydrogens (tertiary/aromatic N) is 1. The molecule has 0 aromatic heterocycles. The van der Waals surface area contributed by atoms with E-state index in [0.29, 0.717) is 41.6 Å². The van der Waals surface area contributed by atoms with Gasteiger partial charge in [0.25, 0.3) is 5.91 Å². The predicted octanol–water partition coefficient (Wildman–Crippen LogP) is 5.78. The van der Waals surface area contributed by atoms with Gasteiger partial charge in [-0.05, 0) is 84.3 Å². The van der Waals surface area contributed by atoms with Crippen molar-refractivity contribution in [2.45, 2.75) is 20.3 Å². The van der Waals surface area contributed by atoms with Gasteiger partial charge in [0.15, 0.2) is 18.1 Å². The van der Waals surface area contributed by atoms with Crippen LogP contribution < -0.4 is 24.4 Å². The fourth-order valence-corrected chi connectivity index (χ4v) is 3.64. The van der Waals surface area contributed by atoms with Crippen LogP contribution in [0, 0.1) is 0 Å². The van der Waals surface area contributed by atoms with Crippen molar-refractivity contribution < 1.29 is 28.5 Å². The molecule has 4 aromatic carbocycles. The van der Waals surface area contributed by atoms with Gasteiger partial charge >= 0.3 is 5.97 Å². The zero-order chi connectivity index (χ0) is 27.5. The number of carbonyl (C=O) groups excluding carboxylic acids is 2. The number of rotatable bonds is 12. The summed E-state index contributed by atoms with van der Waals surface area (Å²) in [5, 5.41) is 6.12. The van der Waals surface area contributed by atoms with Gasteiger partial charge in [-0.1, -0.05) is 37.3 Å². The van der Waals surface area contributed by atoms with Crippen LogP contribution in [0.1, 0.15) is 36.2 Å². The minimum atomic E-state index is -0.516. The Morgan fingerprint density at radius 3 is 2.33 bits per heavy atom. The first-order valence-corrected chi connectivity index (χ1v) is 12.7. The van der Waals surface area contributed by atoms with Crippen molar-refractivity contribution in [2.24, 2.45) is 5.10 Å². The van der Waals surface area contributed by atoms with E-state index in [1.54, 1.807) is 42.5 Å². The van der Waals surface area contributed by atoms with E-state index in [1.807, 2.05) is 56.3 Å². The zero-order valence-electron chi connectivity index (χ0n) is 21.9. The Morgan fingerprint density at radius 1 is 0.795 bits per heavy atom. The summed E-state index contributed by atoms with van der Waals surface area (Å²) in [5.41, 5.74) is 3.48. The van der Waals surface area contributed by atoms with E-state index in [9.17, 15) is 9.59 Å². The third-order valence-electron chi connectivity index (χ3n) is 5.53. The van der Waals surface area contributed by atoms with E-state index in [-0.39, 0.29) is 12.4 Å². The fraction of sp³-hybridized carbons (Fsp3) is 0.194. The van der Waals surface area contributed by atoms with Gasteiger partial charge in [0.1, 0.15) is 11.5 Å². The second-order valence-electron chi connectivity index (χ2n) is 8.49. The Labute approximate surface area is 227 Å². The largest absolute Gasteiger partial charge is 0.494 e. The lowest BCUT2D eigenvalue weighted by Crippen LogP contribution is -2.24. The van der Waals surface area contributed by atoms with Gasteiger partial charge in [-0.3, -0.25) is 4.79 Å². The summed E-state index contributed by atoms with van der Waals surface area (Å²) in [7, 11) is 0. The molecule has 0 aliphatic heterocycles. The smallest absolute Gasteiger partial charge is 0.343 e. The number of hydrogen-bond acceptors (Lipinski definition) is 7. The van der Waals surface area contributed by atoms with Crippen LogP contribution >= 0.6 is 0 Å². The molecular formula is C31H30N2O6. The minimum Gasteiger partial charge on any atom is -0.494 e. The third kappa shape index (κ3) is 7.82. The molecule has 4 rings (SSSR count). The highest BCUT2D eigenvalue weighted by Gasteiger charge is 2.14. The average molecular weight is 527 g/mol. The summed E-state index contributed by atoms with van der Waals surface area (Å²) in [6.45, 7) is 4.66. The SMILES string of the molecule is CCCOc1ccc(C(=O)Oc2ccc(/C=N/NC(=O)COc3ccc4ccccc4c3)cc2OCC)cc1. The van der Waals surface area contributed by atoms with Crippen LogP contribution in [0.5, 0.6) is 23.0 Å². The average Bonchev–Trinajstić information content (AvgIpc) is 2.96. The van der Waals surface area contributed by atoms with Crippen LogP contribution in [0.4, 0.5) is 0 Å². The lowest BCUT2D eigenvalue weighted by Gasteiger charge is -2.12. The summed E-state index contributed by atoms with van der Waals surface area (Å²) < 4.78 is 22.4. The number of hydrogen-bond donors (Lipinski definition) is 1. The quantitative estimate of drug-likeness (QED) is 0.109. The molecule has 4 aromatic rings. The molecule has 0 radical (unpaired) electrons. The van der Waals surface area contributed by atoms with Crippen LogP contribution in [0.25, 0.3) is 10.8 Å². The molecule has 200 valence electrons. The van der Waals surface area contributed by atoms with Crippen LogP contribution in [0.3, 0.4) is 0 Å². The van der Waals surface area contributed by atoms with Crippen molar-refractivity contribution in [3.05, 3.63) is 96.1 Å². The maximum atomic E-state index is 12.7. The van der Waals surface area contributed by atoms with Crippen molar-refractivity contribution in [1.29, 1.82) is 0 Å². The van der Waals surface area contributed by atoms with Crippen molar-refractivity contribution >= 4 is 28.9 Å². The maximum Gasteiger partial charge on any atom is 0.343 e. The van der Waals surface area contributed by atoms with Gasteiger partial charge in [-0.25, -0.2) is 10.2 Å². The number of ether oxygens (including phenoxy) is 4. The molecule has 1 N–H and O–H groups in total. The molecule has 1 amide bonds. The highest BCUT2D eigenvalue weighted by molar-refractivity contribution is 5.92. The molecule has 0 spiro atoms. The summed E-state index contributed by atoms with van der Waals surface area (Å²) in [5.74, 6) is 1.03. The van der Waals surface area contributed by atoms with E-state index in [4.69, 9.17) is 18.9 Å². The Balaban J connectivity index is 1.32. The number of hydrazone groups is 1. The number of fused-ring (bicyclic) bond motifs is 1. The Hall–Kier alpha value is -4.85. The fourth-order valence-electron chi connectivity index (χ4n) is 3.64. The molecule has 8 heteroatoms. The standard InChI is InChI=1S/C31H30N2O6/c1-3-17-37-26-13-11-24(12-14-26)31(35)39-28-16-9-22(18-29(28)36-4-2)20-32-33-30(34)21-38-27-15-10-23-7-5-6-8-25(23)19-27/h5-16,18-20H,3-4,17,21H2,1-2H3,(H,33,34)/b32-20+. The Bertz CT molecular complexity index is 1450. The monoisotopic (exact) mass is 526 g/mol. The van der Waals surface area contributed by atoms with Gasteiger partial charge < -0.3 is 18.9 Å². The van der Waals surface area contributed by atoms with E-state index in [2.05, 4.69) is 10.5 Å². The highest BCUT2D eigenvalue weighted by Crippen LogP contribution is 2.29. The van der Waals surface area contributed by atoms with E-state index in [1.165, 1.54) is 6.21 Å². The van der Waals surface area contributed by atoms with E-state index >= 15 is 0 Å². The van der Waals surface area contributed by atoms with Gasteiger partial charge in [-0.15, -0.1) is 0 Å². The summed E-state index contributed by atoms with van der Waals surface area (Å²) in [6.07, 6.45) is 2.37. The minimum absolute atomic E-state index is 0.180. The molecule has 0 atom stereocenters. The molecule has 0 saturated heterocycles. The second-order valence-corrected chi connectivity index (χ2v) is 8.49. The Morgan fingerprint density at radius 2 is 1.56 bits per heavy atom. The summed E-state index contributed by atoms with van der Waals surface area (Å²) in [4.78, 5) is 24.8. The van der Waals surface area contributed by atoms with Gasteiger partial charge in [0.2, 0.25) is 0 Å². The van der Waals surface area contributed by atoms with Crippen molar-refractivity contribution in [1.82, 2.24) is 5.43 Å². The molecule has 0 unspecified atom stereocenters. The normalized spacial score (nSPS) is 10.8. The number of benzene rings is 4. The zero-order valence-corrected chi connectivity index (χ0v) is 21.9. The number of amides is 1. The number of carbonyl (C=O) groups is 2. The lowest BCUT2D eigenvalue weighted by molar-refractivity contribution is -0.123. The first-order valence-electron chi connectivity index (χ1n) is 12.7. The van der Waals surface area contributed by atoms with Crippen molar-refractivity contribution in [2.75, 3.05) is 19.8 Å². The molecule has 0 aliphatic rings. The molecule has 0 fully saturated rings. The van der Waals surface area contributed by atoms with Crippen LogP contribution in [-0.4, -0.2) is 37.9 Å². The Kier molecular flexibility index (Phi) is 9.50. The van der Waals surface area contributed by atoms with Gasteiger partial charge in [0.05, 0.1) is 25.0 Å². The topological polar surface area (TPSA) is 95.5 Å². The number of esters is 1. The molecule has 8 nitrogen and oxygen atoms in total. The molecule has 0 heterocycles. The van der Waals surface area contributed by atoms with Gasteiger partial charge in [-0.2, -0.15) is 5.10 Å². The molecule has 0 aliphatic carbocycles. The molecule has 0 saturated carbocycles. The van der Waals surface area contributed by atoms with Crippen LogP contribution in [0.2, 0.25) is 0 Å². The highest BCUT2D eigenvalue weighted by atomic mass is 16.6. The van der Waals surface area contributed by atoms with Crippen molar-refractivity contribution in [3.8, 4) is 23.0 Å². The first-order chi connectivity index (χ1) is 19.1. The van der Waals surface area contributed by atoms with Crippen LogP contribution in [-0.2, 0) is 4.79 Å². The lowest BCUT2D eigenvalue weighted by atomic mass is 10.1. The van der Waals surface area contributed by atoms with E-state index < -0.39 is 11.9 Å². The second kappa shape index (κ2) is 13.6. The predicted molar refractivity (Wildman–Crippen MR) is 150 cm³/mol. The maximum absolute atomic E-state index is 12.7. The molecule has 0 bridgehead atoms. The van der Waals surface area contributed by atoms with Gasteiger partial charge in [0, 0.05) is 0 Å². The molecular weight excluding hydrogens is 496 g/mol. The molecule has 39 heavy (non-hydrogen) atoms. The summed E-state index contributed by atoms with van der Waals surface area (Å²) >= 11 is 0. The third-order valence-corrected chi connectivity index (χ3v) is 5.53. The first kappa shape index (κ1) is 27.2. The van der Waals surface area contributed by atoms with Crippen LogP contribution in [0.15, 0.2) is 90.0 Å². The van der Waals surface area contributed by atoms with Crippen molar-refractivity contribution in [3.63, 3.8) is 0 Å². The summed E-state index contributed by atoms with van der Waals surface area (Å²) in [6, 6.07) is 25.3. The van der Waals surface area contributed by atoms with E-state index in [0.717, 1.165) is 17.2 Å². The number of nitrogens with one attached hydrogen (secondary N) is 1.